The largest absolute Gasteiger partial charge is 0.549 e. The molecule has 0 heterocycles. The van der Waals surface area contributed by atoms with E-state index in [0.29, 0.717) is 5.76 Å². The van der Waals surface area contributed by atoms with Gasteiger partial charge in [-0.3, -0.25) is 0 Å². The van der Waals surface area contributed by atoms with Crippen LogP contribution in [0.4, 0.5) is 0 Å². The molecule has 0 spiro atoms. The molecule has 0 bridgehead atoms. The molecule has 0 aliphatic rings. The molecular formula is C11H20O4Si. The minimum absolute atomic E-state index is 0.0930. The Balaban J connectivity index is 4.39. The van der Waals surface area contributed by atoms with Crippen LogP contribution in [0.15, 0.2) is 24.2 Å². The molecule has 0 aromatic carbocycles. The first-order chi connectivity index (χ1) is 7.30. The number of hydrogen-bond acceptors (Lipinski definition) is 4. The molecule has 5 heteroatoms. The van der Waals surface area contributed by atoms with Crippen molar-refractivity contribution < 1.29 is 18.7 Å². The van der Waals surface area contributed by atoms with Gasteiger partial charge in [-0.25, -0.2) is 4.79 Å². The molecular weight excluding hydrogens is 224 g/mol. The van der Waals surface area contributed by atoms with Gasteiger partial charge in [-0.2, -0.15) is 0 Å². The van der Waals surface area contributed by atoms with Gasteiger partial charge in [0.15, 0.2) is 0 Å². The SMILES string of the molecule is C=C(C=C(OC)C(=O)OC)O[SiH2]C(C)(C)C. The highest BCUT2D eigenvalue weighted by molar-refractivity contribution is 6.32. The number of hydrogen-bond donors (Lipinski definition) is 0. The molecule has 0 aliphatic carbocycles. The zero-order chi connectivity index (χ0) is 12.8. The average Bonchev–Trinajstić information content (AvgIpc) is 2.21. The van der Waals surface area contributed by atoms with Gasteiger partial charge in [0.25, 0.3) is 0 Å². The summed E-state index contributed by atoms with van der Waals surface area (Å²) in [4.78, 5) is 11.2. The maximum Gasteiger partial charge on any atom is 0.373 e. The Morgan fingerprint density at radius 1 is 1.25 bits per heavy atom. The first kappa shape index (κ1) is 14.8. The van der Waals surface area contributed by atoms with Crippen LogP contribution in [0.25, 0.3) is 0 Å². The lowest BCUT2D eigenvalue weighted by molar-refractivity contribution is -0.139. The first-order valence-corrected chi connectivity index (χ1v) is 6.24. The number of ether oxygens (including phenoxy) is 2. The molecule has 0 atom stereocenters. The summed E-state index contributed by atoms with van der Waals surface area (Å²) in [5.41, 5.74) is 0. The van der Waals surface area contributed by atoms with Crippen LogP contribution in [-0.4, -0.2) is 30.0 Å². The van der Waals surface area contributed by atoms with E-state index >= 15 is 0 Å². The van der Waals surface area contributed by atoms with Gasteiger partial charge < -0.3 is 13.9 Å². The van der Waals surface area contributed by atoms with E-state index in [2.05, 4.69) is 32.1 Å². The quantitative estimate of drug-likeness (QED) is 0.242. The molecule has 0 fully saturated rings. The summed E-state index contributed by atoms with van der Waals surface area (Å²) in [7, 11) is 1.96. The van der Waals surface area contributed by atoms with Gasteiger partial charge in [-0.05, 0) is 5.04 Å². The highest BCUT2D eigenvalue weighted by Crippen LogP contribution is 2.21. The lowest BCUT2D eigenvalue weighted by atomic mass is 10.3. The number of carbonyl (C=O) groups excluding carboxylic acids is 1. The molecule has 0 rings (SSSR count). The summed E-state index contributed by atoms with van der Waals surface area (Å²) in [6, 6.07) is 0. The lowest BCUT2D eigenvalue weighted by Gasteiger charge is -2.18. The zero-order valence-electron chi connectivity index (χ0n) is 10.6. The fraction of sp³-hybridized carbons (Fsp3) is 0.545. The molecule has 0 unspecified atom stereocenters. The number of carbonyl (C=O) groups is 1. The summed E-state index contributed by atoms with van der Waals surface area (Å²) >= 11 is 0. The van der Waals surface area contributed by atoms with Crippen molar-refractivity contribution in [3.8, 4) is 0 Å². The Kier molecular flexibility index (Phi) is 5.88. The molecule has 0 aliphatic heterocycles. The fourth-order valence-corrected chi connectivity index (χ4v) is 1.50. The fourth-order valence-electron chi connectivity index (χ4n) is 0.799. The van der Waals surface area contributed by atoms with Crippen molar-refractivity contribution in [3.05, 3.63) is 24.2 Å². The smallest absolute Gasteiger partial charge is 0.373 e. The van der Waals surface area contributed by atoms with Gasteiger partial charge in [-0.1, -0.05) is 27.4 Å². The van der Waals surface area contributed by atoms with E-state index in [-0.39, 0.29) is 10.8 Å². The molecule has 0 radical (unpaired) electrons. The van der Waals surface area contributed by atoms with Crippen molar-refractivity contribution in [1.29, 1.82) is 0 Å². The molecule has 4 nitrogen and oxygen atoms in total. The summed E-state index contributed by atoms with van der Waals surface area (Å²) in [6.07, 6.45) is 1.45. The number of rotatable bonds is 5. The molecule has 16 heavy (non-hydrogen) atoms. The van der Waals surface area contributed by atoms with Crippen LogP contribution >= 0.6 is 0 Å². The normalized spacial score (nSPS) is 12.7. The summed E-state index contributed by atoms with van der Waals surface area (Å²) in [5, 5.41) is 0.176. The average molecular weight is 244 g/mol. The van der Waals surface area contributed by atoms with E-state index in [9.17, 15) is 4.79 Å². The second-order valence-corrected chi connectivity index (χ2v) is 7.22. The number of esters is 1. The minimum Gasteiger partial charge on any atom is -0.549 e. The number of methoxy groups -OCH3 is 2. The third-order valence-electron chi connectivity index (χ3n) is 1.59. The van der Waals surface area contributed by atoms with E-state index in [1.54, 1.807) is 0 Å². The molecule has 0 saturated carbocycles. The van der Waals surface area contributed by atoms with Crippen LogP contribution in [0.1, 0.15) is 20.8 Å². The van der Waals surface area contributed by atoms with Gasteiger partial charge >= 0.3 is 5.97 Å². The monoisotopic (exact) mass is 244 g/mol. The molecule has 0 aromatic heterocycles. The van der Waals surface area contributed by atoms with Gasteiger partial charge in [0, 0.05) is 6.08 Å². The van der Waals surface area contributed by atoms with Crippen molar-refractivity contribution in [2.24, 2.45) is 0 Å². The second-order valence-electron chi connectivity index (χ2n) is 4.52. The van der Waals surface area contributed by atoms with Crippen LogP contribution in [0, 0.1) is 0 Å². The lowest BCUT2D eigenvalue weighted by Crippen LogP contribution is -2.12. The first-order valence-electron chi connectivity index (χ1n) is 4.96. The minimum atomic E-state index is -0.731. The number of allylic oxidation sites excluding steroid dienone is 1. The molecule has 92 valence electrons. The summed E-state index contributed by atoms with van der Waals surface area (Å²) < 4.78 is 14.9. The Labute approximate surface area is 99.2 Å². The molecule has 0 saturated heterocycles. The predicted molar refractivity (Wildman–Crippen MR) is 65.6 cm³/mol. The maximum absolute atomic E-state index is 11.2. The van der Waals surface area contributed by atoms with Crippen molar-refractivity contribution in [2.75, 3.05) is 14.2 Å². The third-order valence-corrected chi connectivity index (χ3v) is 2.97. The van der Waals surface area contributed by atoms with Gasteiger partial charge in [0.05, 0.1) is 20.0 Å². The van der Waals surface area contributed by atoms with Crippen molar-refractivity contribution in [2.45, 2.75) is 25.8 Å². The van der Waals surface area contributed by atoms with Crippen LogP contribution < -0.4 is 0 Å². The topological polar surface area (TPSA) is 44.8 Å². The standard InChI is InChI=1S/C11H20O4Si/c1-8(15-16-11(2,3)4)7-9(13-5)10(12)14-6/h7H,1,16H2,2-6H3. The van der Waals surface area contributed by atoms with Crippen molar-refractivity contribution in [3.63, 3.8) is 0 Å². The predicted octanol–water partition coefficient (Wildman–Crippen LogP) is 1.52. The van der Waals surface area contributed by atoms with Crippen molar-refractivity contribution in [1.82, 2.24) is 0 Å². The Hall–Kier alpha value is -1.23. The van der Waals surface area contributed by atoms with Crippen molar-refractivity contribution >= 4 is 15.7 Å². The Bertz CT molecular complexity index is 289. The Morgan fingerprint density at radius 3 is 2.19 bits per heavy atom. The van der Waals surface area contributed by atoms with E-state index in [4.69, 9.17) is 9.16 Å². The van der Waals surface area contributed by atoms with Gasteiger partial charge in [0.2, 0.25) is 15.5 Å². The van der Waals surface area contributed by atoms with E-state index in [0.717, 1.165) is 0 Å². The van der Waals surface area contributed by atoms with Gasteiger partial charge in [-0.15, -0.1) is 0 Å². The highest BCUT2D eigenvalue weighted by atomic mass is 28.2. The molecule has 0 N–H and O–H groups in total. The van der Waals surface area contributed by atoms with Crippen LogP contribution in [0.3, 0.4) is 0 Å². The summed E-state index contributed by atoms with van der Waals surface area (Å²) in [5.74, 6) is -0.0103. The highest BCUT2D eigenvalue weighted by Gasteiger charge is 2.14. The van der Waals surface area contributed by atoms with Crippen LogP contribution in [0.5, 0.6) is 0 Å². The molecule has 0 amide bonds. The second kappa shape index (κ2) is 6.37. The van der Waals surface area contributed by atoms with E-state index < -0.39 is 15.7 Å². The Morgan fingerprint density at radius 2 is 1.81 bits per heavy atom. The third kappa shape index (κ3) is 6.29. The van der Waals surface area contributed by atoms with E-state index in [1.165, 1.54) is 20.3 Å². The van der Waals surface area contributed by atoms with Crippen LogP contribution in [-0.2, 0) is 18.7 Å². The zero-order valence-corrected chi connectivity index (χ0v) is 12.0. The van der Waals surface area contributed by atoms with Crippen LogP contribution in [0.2, 0.25) is 5.04 Å². The molecule has 0 aromatic rings. The van der Waals surface area contributed by atoms with Gasteiger partial charge in [0.1, 0.15) is 0 Å². The summed E-state index contributed by atoms with van der Waals surface area (Å²) in [6.45, 7) is 10.0. The maximum atomic E-state index is 11.2. The van der Waals surface area contributed by atoms with E-state index in [1.807, 2.05) is 0 Å².